The number of amides is 1. The molecule has 1 aliphatic rings. The second kappa shape index (κ2) is 7.66. The predicted molar refractivity (Wildman–Crippen MR) is 108 cm³/mol. The zero-order valence-electron chi connectivity index (χ0n) is 15.4. The van der Waals surface area contributed by atoms with Crippen LogP contribution in [0, 0.1) is 0 Å². The number of carbonyl (C=O) groups excluding carboxylic acids is 1. The highest BCUT2D eigenvalue weighted by Gasteiger charge is 2.33. The lowest BCUT2D eigenvalue weighted by Gasteiger charge is -2.41. The zero-order valence-corrected chi connectivity index (χ0v) is 16.1. The molecule has 1 N–H and O–H groups in total. The van der Waals surface area contributed by atoms with Crippen molar-refractivity contribution >= 4 is 34.0 Å². The Balaban J connectivity index is 1.65. The van der Waals surface area contributed by atoms with Crippen LogP contribution in [0.2, 0.25) is 5.02 Å². The van der Waals surface area contributed by atoms with Gasteiger partial charge < -0.3 is 14.7 Å². The summed E-state index contributed by atoms with van der Waals surface area (Å²) >= 11 is 6.29. The number of aromatic nitrogens is 1. The Hall–Kier alpha value is -2.83. The van der Waals surface area contributed by atoms with E-state index in [1.807, 2.05) is 42.5 Å². The minimum Gasteiger partial charge on any atom is -0.497 e. The molecule has 0 bridgehead atoms. The Bertz CT molecular complexity index is 1010. The molecule has 0 aliphatic carbocycles. The highest BCUT2D eigenvalue weighted by molar-refractivity contribution is 6.35. The smallest absolute Gasteiger partial charge is 0.228 e. The average Bonchev–Trinajstić information content (AvgIpc) is 2.72. The molecule has 28 heavy (non-hydrogen) atoms. The molecule has 6 nitrogen and oxygen atoms in total. The molecule has 0 radical (unpaired) electrons. The lowest BCUT2D eigenvalue weighted by atomic mass is 10.1. The molecular weight excluding hydrogens is 378 g/mol. The molecule has 2 heterocycles. The minimum absolute atomic E-state index is 0.0919. The molecule has 1 fully saturated rings. The fourth-order valence-electron chi connectivity index (χ4n) is 3.49. The highest BCUT2D eigenvalue weighted by Crippen LogP contribution is 2.33. The van der Waals surface area contributed by atoms with Gasteiger partial charge in [0.2, 0.25) is 12.3 Å². The van der Waals surface area contributed by atoms with E-state index in [1.165, 1.54) is 4.90 Å². The molecule has 7 heteroatoms. The first-order chi connectivity index (χ1) is 13.6. The van der Waals surface area contributed by atoms with Crippen LogP contribution < -0.4 is 9.64 Å². The maximum Gasteiger partial charge on any atom is 0.228 e. The number of hydrogen-bond acceptors (Lipinski definition) is 5. The van der Waals surface area contributed by atoms with Crippen LogP contribution in [0.5, 0.6) is 5.75 Å². The van der Waals surface area contributed by atoms with Gasteiger partial charge in [-0.15, -0.1) is 0 Å². The van der Waals surface area contributed by atoms with Crippen molar-refractivity contribution < 1.29 is 14.6 Å². The van der Waals surface area contributed by atoms with Crippen LogP contribution in [-0.2, 0) is 11.3 Å². The number of ether oxygens (including phenoxy) is 1. The van der Waals surface area contributed by atoms with Crippen LogP contribution in [0.1, 0.15) is 12.0 Å². The van der Waals surface area contributed by atoms with Gasteiger partial charge in [-0.3, -0.25) is 14.7 Å². The lowest BCUT2D eigenvalue weighted by Crippen LogP contribution is -2.56. The van der Waals surface area contributed by atoms with Crippen LogP contribution in [0.15, 0.2) is 54.9 Å². The van der Waals surface area contributed by atoms with E-state index in [9.17, 15) is 9.90 Å². The fourth-order valence-corrected chi connectivity index (χ4v) is 3.71. The summed E-state index contributed by atoms with van der Waals surface area (Å²) in [7, 11) is 1.61. The first-order valence-corrected chi connectivity index (χ1v) is 9.35. The van der Waals surface area contributed by atoms with Crippen LogP contribution in [0.4, 0.5) is 5.69 Å². The monoisotopic (exact) mass is 397 g/mol. The third kappa shape index (κ3) is 3.37. The molecule has 1 unspecified atom stereocenters. The number of nitrogens with zero attached hydrogens (tertiary/aromatic N) is 3. The Morgan fingerprint density at radius 3 is 2.71 bits per heavy atom. The van der Waals surface area contributed by atoms with Crippen LogP contribution in [0.3, 0.4) is 0 Å². The summed E-state index contributed by atoms with van der Waals surface area (Å²) in [4.78, 5) is 20.0. The predicted octanol–water partition coefficient (Wildman–Crippen LogP) is 3.41. The van der Waals surface area contributed by atoms with Crippen molar-refractivity contribution in [2.24, 2.45) is 0 Å². The van der Waals surface area contributed by atoms with E-state index in [-0.39, 0.29) is 5.91 Å². The summed E-state index contributed by atoms with van der Waals surface area (Å²) in [5.41, 5.74) is 1.66. The zero-order chi connectivity index (χ0) is 19.7. The molecule has 3 aromatic rings. The number of anilines is 1. The van der Waals surface area contributed by atoms with E-state index in [1.54, 1.807) is 24.4 Å². The van der Waals surface area contributed by atoms with Crippen molar-refractivity contribution in [3.8, 4) is 5.75 Å². The Kier molecular flexibility index (Phi) is 5.07. The van der Waals surface area contributed by atoms with Gasteiger partial charge in [0.1, 0.15) is 5.75 Å². The van der Waals surface area contributed by atoms with Crippen LogP contribution in [0.25, 0.3) is 10.8 Å². The van der Waals surface area contributed by atoms with Gasteiger partial charge in [-0.1, -0.05) is 35.9 Å². The van der Waals surface area contributed by atoms with Gasteiger partial charge in [-0.2, -0.15) is 0 Å². The topological polar surface area (TPSA) is 65.9 Å². The molecule has 1 atom stereocenters. The van der Waals surface area contributed by atoms with E-state index in [2.05, 4.69) is 4.98 Å². The van der Waals surface area contributed by atoms with E-state index in [4.69, 9.17) is 16.3 Å². The molecule has 144 valence electrons. The van der Waals surface area contributed by atoms with Gasteiger partial charge >= 0.3 is 0 Å². The summed E-state index contributed by atoms with van der Waals surface area (Å²) in [5, 5.41) is 13.3. The quantitative estimate of drug-likeness (QED) is 0.730. The van der Waals surface area contributed by atoms with Crippen molar-refractivity contribution in [1.29, 1.82) is 0 Å². The lowest BCUT2D eigenvalue weighted by molar-refractivity contribution is -0.146. The second-order valence-electron chi connectivity index (χ2n) is 6.65. The van der Waals surface area contributed by atoms with Crippen molar-refractivity contribution in [2.45, 2.75) is 19.3 Å². The van der Waals surface area contributed by atoms with Crippen molar-refractivity contribution in [3.63, 3.8) is 0 Å². The molecule has 4 rings (SSSR count). The van der Waals surface area contributed by atoms with Crippen LogP contribution in [-0.4, -0.2) is 40.9 Å². The Morgan fingerprint density at radius 2 is 1.96 bits per heavy atom. The highest BCUT2D eigenvalue weighted by atomic mass is 35.5. The fraction of sp³-hybridized carbons (Fsp3) is 0.238. The molecule has 2 aromatic carbocycles. The first kappa shape index (κ1) is 18.5. The maximum atomic E-state index is 12.5. The Morgan fingerprint density at radius 1 is 1.18 bits per heavy atom. The molecule has 0 saturated carbocycles. The van der Waals surface area contributed by atoms with Crippen molar-refractivity contribution in [1.82, 2.24) is 9.88 Å². The number of hydrogen-bond donors (Lipinski definition) is 1. The third-order valence-corrected chi connectivity index (χ3v) is 5.32. The summed E-state index contributed by atoms with van der Waals surface area (Å²) < 4.78 is 5.17. The average molecular weight is 398 g/mol. The number of pyridine rings is 1. The Labute approximate surface area is 167 Å². The summed E-state index contributed by atoms with van der Waals surface area (Å²) in [6, 6.07) is 13.1. The van der Waals surface area contributed by atoms with Crippen molar-refractivity contribution in [2.75, 3.05) is 18.6 Å². The van der Waals surface area contributed by atoms with Gasteiger partial charge in [0.25, 0.3) is 0 Å². The molecule has 1 amide bonds. The summed E-state index contributed by atoms with van der Waals surface area (Å²) in [6.45, 7) is 0.714. The maximum absolute atomic E-state index is 12.5. The second-order valence-corrected chi connectivity index (χ2v) is 7.06. The van der Waals surface area contributed by atoms with Gasteiger partial charge in [-0.25, -0.2) is 0 Å². The number of halogens is 1. The number of aliphatic hydroxyl groups excluding tert-OH is 1. The van der Waals surface area contributed by atoms with Gasteiger partial charge in [0, 0.05) is 36.5 Å². The third-order valence-electron chi connectivity index (χ3n) is 5.00. The molecule has 1 aliphatic heterocycles. The number of rotatable bonds is 4. The van der Waals surface area contributed by atoms with Gasteiger partial charge in [-0.05, 0) is 23.8 Å². The molecule has 1 aromatic heterocycles. The number of carbonyl (C=O) groups is 1. The van der Waals surface area contributed by atoms with E-state index < -0.39 is 6.35 Å². The standard InChI is InChI=1S/C21H20ClN3O3/c1-28-15-7-5-14(6-8-15)13-25-20(26)9-10-24(21(25)27)19-12-23-11-17-16(19)3-2-4-18(17)22/h2-8,11-12,21,27H,9-10,13H2,1H3. The van der Waals surface area contributed by atoms with Gasteiger partial charge in [0.15, 0.2) is 0 Å². The number of aliphatic hydroxyl groups is 1. The van der Waals surface area contributed by atoms with E-state index in [0.717, 1.165) is 27.8 Å². The largest absolute Gasteiger partial charge is 0.497 e. The number of methoxy groups -OCH3 is 1. The number of benzene rings is 2. The van der Waals surface area contributed by atoms with E-state index in [0.29, 0.717) is 24.5 Å². The molecule has 1 saturated heterocycles. The minimum atomic E-state index is -1.09. The normalized spacial score (nSPS) is 17.2. The van der Waals surface area contributed by atoms with Gasteiger partial charge in [0.05, 0.1) is 24.0 Å². The van der Waals surface area contributed by atoms with E-state index >= 15 is 0 Å². The SMILES string of the molecule is COc1ccc(CN2C(=O)CCN(c3cncc4c(Cl)cccc34)C2O)cc1. The van der Waals surface area contributed by atoms with Crippen molar-refractivity contribution in [3.05, 3.63) is 65.4 Å². The molecule has 0 spiro atoms. The molecular formula is C21H20ClN3O3. The van der Waals surface area contributed by atoms with Crippen LogP contribution >= 0.6 is 11.6 Å². The summed E-state index contributed by atoms with van der Waals surface area (Å²) in [6.07, 6.45) is 2.63. The summed E-state index contributed by atoms with van der Waals surface area (Å²) in [5.74, 6) is 0.653. The first-order valence-electron chi connectivity index (χ1n) is 8.98. The number of fused-ring (bicyclic) bond motifs is 1.